The number of aryl methyl sites for hydroxylation is 2. The lowest BCUT2D eigenvalue weighted by molar-refractivity contribution is 0.0847. The lowest BCUT2D eigenvalue weighted by Gasteiger charge is -2.10. The van der Waals surface area contributed by atoms with Crippen LogP contribution in [0, 0.1) is 13.8 Å². The molecule has 0 unspecified atom stereocenters. The van der Waals surface area contributed by atoms with E-state index < -0.39 is 11.8 Å². The predicted molar refractivity (Wildman–Crippen MR) is 118 cm³/mol. The molecule has 0 spiro atoms. The third-order valence-corrected chi connectivity index (χ3v) is 4.85. The third-order valence-electron chi connectivity index (χ3n) is 4.85. The number of hydrazine groups is 1. The number of rotatable bonds is 4. The Morgan fingerprint density at radius 2 is 1.39 bits per heavy atom. The molecule has 3 aromatic carbocycles. The van der Waals surface area contributed by atoms with Gasteiger partial charge in [0.1, 0.15) is 0 Å². The second kappa shape index (κ2) is 8.67. The Kier molecular flexibility index (Phi) is 5.62. The first kappa shape index (κ1) is 20.1. The summed E-state index contributed by atoms with van der Waals surface area (Å²) in [5, 5.41) is 0. The molecule has 154 valence electrons. The fraction of sp³-hybridized carbons (Fsp3) is 0.0800. The summed E-state index contributed by atoms with van der Waals surface area (Å²) in [4.78, 5) is 29.4. The van der Waals surface area contributed by atoms with Crippen molar-refractivity contribution >= 4 is 11.8 Å². The summed E-state index contributed by atoms with van der Waals surface area (Å²) in [6, 6.07) is 21.9. The van der Waals surface area contributed by atoms with Crippen LogP contribution in [-0.4, -0.2) is 16.8 Å². The quantitative estimate of drug-likeness (QED) is 0.477. The van der Waals surface area contributed by atoms with E-state index in [1.165, 1.54) is 0 Å². The van der Waals surface area contributed by atoms with Gasteiger partial charge in [0, 0.05) is 16.7 Å². The lowest BCUT2D eigenvalue weighted by Crippen LogP contribution is -2.41. The third kappa shape index (κ3) is 4.53. The van der Waals surface area contributed by atoms with Crippen molar-refractivity contribution in [3.8, 4) is 22.8 Å². The number of nitrogens with zero attached hydrogens (tertiary/aromatic N) is 1. The summed E-state index contributed by atoms with van der Waals surface area (Å²) in [5.41, 5.74) is 9.32. The standard InChI is InChI=1S/C25H21N3O3/c1-16-7-11-18(12-8-16)22-15-26-25(31-22)21-6-4-3-5-20(21)24(30)28-27-23(29)19-13-9-17(2)10-14-19/h3-15H,1-2H3,(H,27,29)(H,28,30). The van der Waals surface area contributed by atoms with Crippen molar-refractivity contribution in [1.29, 1.82) is 0 Å². The Morgan fingerprint density at radius 3 is 2.10 bits per heavy atom. The van der Waals surface area contributed by atoms with Gasteiger partial charge in [-0.1, -0.05) is 59.7 Å². The average molecular weight is 411 g/mol. The molecule has 1 aromatic heterocycles. The van der Waals surface area contributed by atoms with Gasteiger partial charge in [-0.05, 0) is 38.1 Å². The van der Waals surface area contributed by atoms with Gasteiger partial charge in [-0.3, -0.25) is 20.4 Å². The summed E-state index contributed by atoms with van der Waals surface area (Å²) in [7, 11) is 0. The van der Waals surface area contributed by atoms with E-state index in [0.717, 1.165) is 16.7 Å². The van der Waals surface area contributed by atoms with Crippen LogP contribution in [-0.2, 0) is 0 Å². The summed E-state index contributed by atoms with van der Waals surface area (Å²) < 4.78 is 5.91. The first-order chi connectivity index (χ1) is 15.0. The number of aromatic nitrogens is 1. The van der Waals surface area contributed by atoms with E-state index in [0.29, 0.717) is 28.3 Å². The van der Waals surface area contributed by atoms with E-state index in [1.54, 1.807) is 42.6 Å². The van der Waals surface area contributed by atoms with Crippen LogP contribution in [0.2, 0.25) is 0 Å². The maximum atomic E-state index is 12.7. The molecule has 1 heterocycles. The van der Waals surface area contributed by atoms with Gasteiger partial charge < -0.3 is 4.42 Å². The molecule has 0 bridgehead atoms. The first-order valence-electron chi connectivity index (χ1n) is 9.81. The molecule has 0 saturated carbocycles. The molecule has 31 heavy (non-hydrogen) atoms. The minimum absolute atomic E-state index is 0.325. The summed E-state index contributed by atoms with van der Waals surface area (Å²) in [5.74, 6) is 0.0684. The number of amides is 2. The molecule has 0 fully saturated rings. The predicted octanol–water partition coefficient (Wildman–Crippen LogP) is 4.70. The number of benzene rings is 3. The van der Waals surface area contributed by atoms with Gasteiger partial charge >= 0.3 is 0 Å². The highest BCUT2D eigenvalue weighted by Gasteiger charge is 2.17. The van der Waals surface area contributed by atoms with Crippen molar-refractivity contribution in [1.82, 2.24) is 15.8 Å². The van der Waals surface area contributed by atoms with Crippen molar-refractivity contribution in [3.05, 3.63) is 101 Å². The van der Waals surface area contributed by atoms with Crippen LogP contribution < -0.4 is 10.9 Å². The zero-order chi connectivity index (χ0) is 21.8. The molecule has 6 nitrogen and oxygen atoms in total. The molecule has 2 amide bonds. The van der Waals surface area contributed by atoms with Crippen molar-refractivity contribution in [3.63, 3.8) is 0 Å². The van der Waals surface area contributed by atoms with Crippen LogP contribution in [0.3, 0.4) is 0 Å². The maximum Gasteiger partial charge on any atom is 0.270 e. The Balaban J connectivity index is 1.52. The van der Waals surface area contributed by atoms with Crippen LogP contribution in [0.25, 0.3) is 22.8 Å². The number of carbonyl (C=O) groups is 2. The highest BCUT2D eigenvalue weighted by molar-refractivity contribution is 6.02. The smallest absolute Gasteiger partial charge is 0.270 e. The molecule has 4 rings (SSSR count). The summed E-state index contributed by atoms with van der Waals surface area (Å²) in [6.07, 6.45) is 1.63. The number of hydrogen-bond acceptors (Lipinski definition) is 4. The second-order valence-electron chi connectivity index (χ2n) is 7.22. The highest BCUT2D eigenvalue weighted by atomic mass is 16.4. The van der Waals surface area contributed by atoms with E-state index in [1.807, 2.05) is 50.2 Å². The molecule has 0 radical (unpaired) electrons. The fourth-order valence-electron chi connectivity index (χ4n) is 3.08. The molecule has 0 saturated heterocycles. The maximum absolute atomic E-state index is 12.7. The molecule has 0 aliphatic rings. The normalized spacial score (nSPS) is 10.5. The fourth-order valence-corrected chi connectivity index (χ4v) is 3.08. The molecule has 0 aliphatic carbocycles. The van der Waals surface area contributed by atoms with Crippen LogP contribution in [0.5, 0.6) is 0 Å². The first-order valence-corrected chi connectivity index (χ1v) is 9.81. The van der Waals surface area contributed by atoms with Crippen LogP contribution >= 0.6 is 0 Å². The van der Waals surface area contributed by atoms with E-state index in [-0.39, 0.29) is 0 Å². The van der Waals surface area contributed by atoms with E-state index in [9.17, 15) is 9.59 Å². The number of nitrogens with one attached hydrogen (secondary N) is 2. The number of carbonyl (C=O) groups excluding carboxylic acids is 2. The van der Waals surface area contributed by atoms with E-state index in [4.69, 9.17) is 4.42 Å². The monoisotopic (exact) mass is 411 g/mol. The minimum Gasteiger partial charge on any atom is -0.436 e. The molecule has 0 aliphatic heterocycles. The molecular weight excluding hydrogens is 390 g/mol. The van der Waals surface area contributed by atoms with E-state index in [2.05, 4.69) is 15.8 Å². The molecular formula is C25H21N3O3. The van der Waals surface area contributed by atoms with Crippen molar-refractivity contribution in [2.45, 2.75) is 13.8 Å². The van der Waals surface area contributed by atoms with Crippen molar-refractivity contribution in [2.24, 2.45) is 0 Å². The van der Waals surface area contributed by atoms with E-state index >= 15 is 0 Å². The van der Waals surface area contributed by atoms with Gasteiger partial charge in [-0.25, -0.2) is 4.98 Å². The van der Waals surface area contributed by atoms with Gasteiger partial charge in [-0.2, -0.15) is 0 Å². The van der Waals surface area contributed by atoms with Crippen LogP contribution in [0.4, 0.5) is 0 Å². The molecule has 4 aromatic rings. The van der Waals surface area contributed by atoms with Crippen molar-refractivity contribution < 1.29 is 14.0 Å². The Morgan fingerprint density at radius 1 is 0.774 bits per heavy atom. The van der Waals surface area contributed by atoms with Gasteiger partial charge in [0.15, 0.2) is 5.76 Å². The van der Waals surface area contributed by atoms with Gasteiger partial charge in [-0.15, -0.1) is 0 Å². The molecule has 0 atom stereocenters. The SMILES string of the molecule is Cc1ccc(C(=O)NNC(=O)c2ccccc2-c2ncc(-c3ccc(C)cc3)o2)cc1. The summed E-state index contributed by atoms with van der Waals surface area (Å²) in [6.45, 7) is 3.95. The second-order valence-corrected chi connectivity index (χ2v) is 7.22. The van der Waals surface area contributed by atoms with Crippen LogP contribution in [0.1, 0.15) is 31.8 Å². The average Bonchev–Trinajstić information content (AvgIpc) is 3.28. The highest BCUT2D eigenvalue weighted by Crippen LogP contribution is 2.28. The topological polar surface area (TPSA) is 84.2 Å². The largest absolute Gasteiger partial charge is 0.436 e. The molecule has 2 N–H and O–H groups in total. The zero-order valence-electron chi connectivity index (χ0n) is 17.2. The Hall–Kier alpha value is -4.19. The zero-order valence-corrected chi connectivity index (χ0v) is 17.2. The van der Waals surface area contributed by atoms with Gasteiger partial charge in [0.25, 0.3) is 11.8 Å². The summed E-state index contributed by atoms with van der Waals surface area (Å²) >= 11 is 0. The minimum atomic E-state index is -0.467. The molecule has 6 heteroatoms. The van der Waals surface area contributed by atoms with Crippen molar-refractivity contribution in [2.75, 3.05) is 0 Å². The number of oxazole rings is 1. The van der Waals surface area contributed by atoms with Gasteiger partial charge in [0.05, 0.1) is 11.8 Å². The van der Waals surface area contributed by atoms with Gasteiger partial charge in [0.2, 0.25) is 5.89 Å². The van der Waals surface area contributed by atoms with Crippen LogP contribution in [0.15, 0.2) is 83.4 Å². The Labute approximate surface area is 179 Å². The lowest BCUT2D eigenvalue weighted by atomic mass is 10.1. The number of hydrogen-bond donors (Lipinski definition) is 2. The Bertz CT molecular complexity index is 1230.